The molecule has 0 saturated carbocycles. The van der Waals surface area contributed by atoms with Gasteiger partial charge in [-0.2, -0.15) is 0 Å². The molecule has 66 heavy (non-hydrogen) atoms. The second-order valence-electron chi connectivity index (χ2n) is 17.2. The fourth-order valence-electron chi connectivity index (χ4n) is 8.72. The van der Waals surface area contributed by atoms with E-state index in [1.165, 1.54) is 28.9 Å². The summed E-state index contributed by atoms with van der Waals surface area (Å²) in [6.45, 7) is 1.64. The molecule has 7 atom stereocenters. The highest BCUT2D eigenvalue weighted by Gasteiger charge is 2.42. The minimum absolute atomic E-state index is 0.00930. The highest BCUT2D eigenvalue weighted by Crippen LogP contribution is 2.23. The molecule has 3 aliphatic heterocycles. The highest BCUT2D eigenvalue weighted by atomic mass is 16.3. The van der Waals surface area contributed by atoms with Gasteiger partial charge in [-0.15, -0.1) is 0 Å². The van der Waals surface area contributed by atoms with Crippen molar-refractivity contribution in [3.8, 4) is 5.75 Å². The smallest absolute Gasteiger partial charge is 0.246 e. The van der Waals surface area contributed by atoms with E-state index in [9.17, 15) is 43.5 Å². The molecule has 3 heterocycles. The zero-order valence-electron chi connectivity index (χ0n) is 37.2. The van der Waals surface area contributed by atoms with Gasteiger partial charge in [-0.1, -0.05) is 72.8 Å². The quantitative estimate of drug-likeness (QED) is 0.127. The summed E-state index contributed by atoms with van der Waals surface area (Å²) in [7, 11) is 0. The molecule has 0 aromatic heterocycles. The maximum atomic E-state index is 14.6. The van der Waals surface area contributed by atoms with Gasteiger partial charge in [0, 0.05) is 32.4 Å². The average molecular weight is 908 g/mol. The fraction of sp³-hybridized carbons (Fsp3) is 0.458. The van der Waals surface area contributed by atoms with Crippen LogP contribution < -0.4 is 37.6 Å². The van der Waals surface area contributed by atoms with E-state index in [4.69, 9.17) is 5.73 Å². The van der Waals surface area contributed by atoms with Gasteiger partial charge in [0.05, 0.1) is 6.54 Å². The highest BCUT2D eigenvalue weighted by molar-refractivity contribution is 5.99. The number of carbonyl (C=O) groups is 8. The lowest BCUT2D eigenvalue weighted by Crippen LogP contribution is -2.60. The van der Waals surface area contributed by atoms with Crippen LogP contribution >= 0.6 is 0 Å². The van der Waals surface area contributed by atoms with E-state index in [2.05, 4.69) is 31.9 Å². The van der Waals surface area contributed by atoms with Crippen LogP contribution in [-0.2, 0) is 57.6 Å². The number of fused-ring (bicyclic) bond motifs is 2. The van der Waals surface area contributed by atoms with Gasteiger partial charge in [-0.25, -0.2) is 0 Å². The summed E-state index contributed by atoms with van der Waals surface area (Å²) in [5.41, 5.74) is 7.79. The van der Waals surface area contributed by atoms with Gasteiger partial charge in [0.25, 0.3) is 0 Å². The molecule has 3 fully saturated rings. The molecule has 0 radical (unpaired) electrons. The van der Waals surface area contributed by atoms with Crippen LogP contribution in [0.4, 0.5) is 0 Å². The summed E-state index contributed by atoms with van der Waals surface area (Å²) in [4.78, 5) is 116. The van der Waals surface area contributed by atoms with Crippen molar-refractivity contribution in [3.63, 3.8) is 0 Å². The van der Waals surface area contributed by atoms with E-state index >= 15 is 0 Å². The first-order valence-corrected chi connectivity index (χ1v) is 22.8. The number of rotatable bonds is 10. The third kappa shape index (κ3) is 13.1. The molecule has 0 aliphatic carbocycles. The molecule has 8 amide bonds. The summed E-state index contributed by atoms with van der Waals surface area (Å²) in [5.74, 6) is -5.02. The zero-order chi connectivity index (χ0) is 47.2. The van der Waals surface area contributed by atoms with Crippen LogP contribution in [0.15, 0.2) is 84.9 Å². The van der Waals surface area contributed by atoms with E-state index in [-0.39, 0.29) is 44.5 Å². The van der Waals surface area contributed by atoms with Gasteiger partial charge < -0.3 is 52.5 Å². The first kappa shape index (κ1) is 48.6. The number of phenols is 1. The van der Waals surface area contributed by atoms with Crippen LogP contribution in [0.1, 0.15) is 68.6 Å². The number of unbranched alkanes of at least 4 members (excludes halogenated alkanes) is 1. The third-order valence-corrected chi connectivity index (χ3v) is 12.3. The normalized spacial score (nSPS) is 25.3. The van der Waals surface area contributed by atoms with Crippen molar-refractivity contribution in [1.82, 2.24) is 41.7 Å². The molecule has 18 nitrogen and oxygen atoms in total. The number of hydrogen-bond donors (Lipinski definition) is 8. The van der Waals surface area contributed by atoms with E-state index in [1.54, 1.807) is 36.4 Å². The van der Waals surface area contributed by atoms with Gasteiger partial charge >= 0.3 is 0 Å². The second kappa shape index (κ2) is 23.4. The number of aromatic hydroxyl groups is 1. The molecule has 3 aliphatic rings. The lowest BCUT2D eigenvalue weighted by Gasteiger charge is -2.32. The van der Waals surface area contributed by atoms with Crippen molar-refractivity contribution in [2.45, 2.75) is 113 Å². The standard InChI is InChI=1S/C48H61N9O9/c1-30-47(65)56-24-10-17-39(56)46(64)55-38(28-32-14-6-3-7-15-32)48(66)57-25-11-18-40(57)45(63)54-37(26-31-12-4-2-5-13-31)44(62)53-35(16-8-9-23-49)42(60)50-29-41(59)52-36(43(61)51-30)27-33-19-21-34(58)22-20-33/h2-7,12-15,19-22,30,35-40,58H,8-11,16-18,23-29,49H2,1H3,(H,50,60)(H,51,61)(H,52,59)(H,53,62)(H,54,63)(H,55,64)/t30-,35-,36-,37-,38-,39-,40-/m0/s1. The number of benzene rings is 3. The summed E-state index contributed by atoms with van der Waals surface area (Å²) >= 11 is 0. The first-order valence-electron chi connectivity index (χ1n) is 22.8. The number of carbonyl (C=O) groups excluding carboxylic acids is 8. The fourth-order valence-corrected chi connectivity index (χ4v) is 8.72. The van der Waals surface area contributed by atoms with Gasteiger partial charge in [0.1, 0.15) is 48.0 Å². The van der Waals surface area contributed by atoms with Gasteiger partial charge in [-0.05, 0) is 87.2 Å². The van der Waals surface area contributed by atoms with Gasteiger partial charge in [0.2, 0.25) is 47.3 Å². The van der Waals surface area contributed by atoms with Crippen LogP contribution in [0.5, 0.6) is 5.75 Å². The Kier molecular flexibility index (Phi) is 17.2. The molecule has 9 N–H and O–H groups in total. The Hall–Kier alpha value is -6.82. The molecule has 3 aromatic rings. The average Bonchev–Trinajstić information content (AvgIpc) is 4.02. The van der Waals surface area contributed by atoms with Crippen molar-refractivity contribution in [1.29, 1.82) is 0 Å². The monoisotopic (exact) mass is 907 g/mol. The Morgan fingerprint density at radius 3 is 1.61 bits per heavy atom. The molecule has 3 aromatic carbocycles. The second-order valence-corrected chi connectivity index (χ2v) is 17.2. The lowest BCUT2D eigenvalue weighted by molar-refractivity contribution is -0.144. The molecule has 0 unspecified atom stereocenters. The molecule has 352 valence electrons. The minimum Gasteiger partial charge on any atom is -0.508 e. The van der Waals surface area contributed by atoms with Crippen LogP contribution in [0.25, 0.3) is 0 Å². The summed E-state index contributed by atoms with van der Waals surface area (Å²) < 4.78 is 0. The lowest BCUT2D eigenvalue weighted by atomic mass is 10.0. The van der Waals surface area contributed by atoms with Crippen LogP contribution in [0.2, 0.25) is 0 Å². The third-order valence-electron chi connectivity index (χ3n) is 12.3. The maximum Gasteiger partial charge on any atom is 0.246 e. The van der Waals surface area contributed by atoms with Crippen molar-refractivity contribution < 1.29 is 43.5 Å². The predicted octanol–water partition coefficient (Wildman–Crippen LogP) is 0.105. The minimum atomic E-state index is -1.25. The summed E-state index contributed by atoms with van der Waals surface area (Å²) in [6.07, 6.45) is 2.76. The Morgan fingerprint density at radius 1 is 0.545 bits per heavy atom. The van der Waals surface area contributed by atoms with Gasteiger partial charge in [0.15, 0.2) is 0 Å². The SMILES string of the molecule is C[C@@H]1NC(=O)[C@H](Cc2ccc(O)cc2)NC(=O)CNC(=O)[C@H](CCCCN)NC(=O)[C@H](Cc2ccccc2)NC(=O)[C@@H]2CCCN2C(=O)[C@H](Cc2ccccc2)NC(=O)[C@@H]2CCCN2C1=O. The number of phenolic OH excluding ortho intramolecular Hbond substituents is 1. The van der Waals surface area contributed by atoms with Crippen molar-refractivity contribution in [2.75, 3.05) is 26.2 Å². The first-order chi connectivity index (χ1) is 31.8. The molecule has 0 spiro atoms. The Bertz CT molecular complexity index is 2190. The molecular weight excluding hydrogens is 847 g/mol. The largest absolute Gasteiger partial charge is 0.508 e. The van der Waals surface area contributed by atoms with Gasteiger partial charge in [-0.3, -0.25) is 38.4 Å². The predicted molar refractivity (Wildman–Crippen MR) is 243 cm³/mol. The van der Waals surface area contributed by atoms with Crippen molar-refractivity contribution in [3.05, 3.63) is 102 Å². The van der Waals surface area contributed by atoms with E-state index in [0.717, 1.165) is 11.1 Å². The number of hydrogen-bond acceptors (Lipinski definition) is 10. The summed E-state index contributed by atoms with van der Waals surface area (Å²) in [6, 6.07) is 16.3. The maximum absolute atomic E-state index is 14.6. The topological polar surface area (TPSA) is 261 Å². The Balaban J connectivity index is 1.34. The van der Waals surface area contributed by atoms with Crippen LogP contribution in [0.3, 0.4) is 0 Å². The van der Waals surface area contributed by atoms with Crippen molar-refractivity contribution >= 4 is 47.3 Å². The molecule has 3 saturated heterocycles. The van der Waals surface area contributed by atoms with Crippen molar-refractivity contribution in [2.24, 2.45) is 5.73 Å². The van der Waals surface area contributed by atoms with Crippen LogP contribution in [-0.4, -0.2) is 131 Å². The molecule has 18 heteroatoms. The molecule has 0 bridgehead atoms. The number of nitrogens with two attached hydrogens (primary N) is 1. The van der Waals surface area contributed by atoms with Crippen LogP contribution in [0, 0.1) is 0 Å². The number of nitrogens with one attached hydrogen (secondary N) is 6. The Morgan fingerprint density at radius 2 is 1.03 bits per heavy atom. The summed E-state index contributed by atoms with van der Waals surface area (Å²) in [5, 5.41) is 26.3. The van der Waals surface area contributed by atoms with E-state index in [0.29, 0.717) is 50.6 Å². The van der Waals surface area contributed by atoms with E-state index < -0.39 is 96.1 Å². The molecular formula is C48H61N9O9. The molecule has 6 rings (SSSR count). The number of nitrogens with zero attached hydrogens (tertiary/aromatic N) is 2. The number of amides is 8. The van der Waals surface area contributed by atoms with E-state index in [1.807, 2.05) is 36.4 Å². The Labute approximate surface area is 384 Å². The zero-order valence-corrected chi connectivity index (χ0v) is 37.2.